The molecule has 138 valence electrons. The molecule has 3 rings (SSSR count). The number of nitrogens with one attached hydrogen (secondary N) is 1. The van der Waals surface area contributed by atoms with Crippen LogP contribution in [0, 0.1) is 0 Å². The van der Waals surface area contributed by atoms with Gasteiger partial charge in [-0.1, -0.05) is 37.3 Å². The molecule has 1 saturated heterocycles. The van der Waals surface area contributed by atoms with Gasteiger partial charge in [-0.05, 0) is 44.1 Å². The highest BCUT2D eigenvalue weighted by Crippen LogP contribution is 2.24. The van der Waals surface area contributed by atoms with E-state index in [0.29, 0.717) is 18.3 Å². The smallest absolute Gasteiger partial charge is 0.271 e. The maximum atomic E-state index is 12.2. The molecule has 0 saturated carbocycles. The summed E-state index contributed by atoms with van der Waals surface area (Å²) in [7, 11) is 0. The Balaban J connectivity index is 1.49. The van der Waals surface area contributed by atoms with E-state index in [0.717, 1.165) is 31.6 Å². The number of hydrogen-bond acceptors (Lipinski definition) is 4. The fourth-order valence-corrected chi connectivity index (χ4v) is 3.54. The molecule has 1 N–H and O–H groups in total. The second-order valence-corrected chi connectivity index (χ2v) is 6.86. The number of anilines is 1. The van der Waals surface area contributed by atoms with Crippen LogP contribution in [0.4, 0.5) is 5.82 Å². The van der Waals surface area contributed by atoms with Crippen LogP contribution >= 0.6 is 0 Å². The molecule has 0 aliphatic carbocycles. The molecule has 0 radical (unpaired) electrons. The Hall–Kier alpha value is -2.43. The van der Waals surface area contributed by atoms with Gasteiger partial charge < -0.3 is 10.2 Å². The zero-order valence-corrected chi connectivity index (χ0v) is 15.5. The summed E-state index contributed by atoms with van der Waals surface area (Å²) in [4.78, 5) is 23.4. The Labute approximate surface area is 155 Å². The van der Waals surface area contributed by atoms with E-state index in [1.165, 1.54) is 24.8 Å². The molecule has 1 aliphatic rings. The lowest BCUT2D eigenvalue weighted by Gasteiger charge is -2.35. The van der Waals surface area contributed by atoms with E-state index in [1.54, 1.807) is 12.4 Å². The fourth-order valence-electron chi connectivity index (χ4n) is 3.54. The van der Waals surface area contributed by atoms with Crippen LogP contribution < -0.4 is 10.2 Å². The number of amides is 1. The summed E-state index contributed by atoms with van der Waals surface area (Å²) in [5, 5.41) is 2.93. The minimum absolute atomic E-state index is 0.150. The third-order valence-electron chi connectivity index (χ3n) is 5.03. The summed E-state index contributed by atoms with van der Waals surface area (Å²) in [6, 6.07) is 10.8. The highest BCUT2D eigenvalue weighted by molar-refractivity contribution is 5.91. The molecule has 1 aliphatic heterocycles. The summed E-state index contributed by atoms with van der Waals surface area (Å²) in [5.41, 5.74) is 1.68. The lowest BCUT2D eigenvalue weighted by Crippen LogP contribution is -2.39. The predicted molar refractivity (Wildman–Crippen MR) is 104 cm³/mol. The maximum Gasteiger partial charge on any atom is 0.271 e. The van der Waals surface area contributed by atoms with Crippen molar-refractivity contribution in [3.8, 4) is 0 Å². The molecule has 5 heteroatoms. The van der Waals surface area contributed by atoms with Gasteiger partial charge in [0.1, 0.15) is 11.5 Å². The average molecular weight is 352 g/mol. The minimum Gasteiger partial charge on any atom is -0.352 e. The van der Waals surface area contributed by atoms with Gasteiger partial charge >= 0.3 is 0 Å². The summed E-state index contributed by atoms with van der Waals surface area (Å²) in [6.07, 6.45) is 10.0. The first kappa shape index (κ1) is 18.4. The number of hydrogen-bond donors (Lipinski definition) is 1. The Bertz CT molecular complexity index is 687. The Kier molecular flexibility index (Phi) is 6.58. The van der Waals surface area contributed by atoms with Gasteiger partial charge in [0.2, 0.25) is 0 Å². The Morgan fingerprint density at radius 2 is 2.04 bits per heavy atom. The first-order valence-corrected chi connectivity index (χ1v) is 9.68. The number of benzene rings is 1. The van der Waals surface area contributed by atoms with Crippen molar-refractivity contribution in [2.24, 2.45) is 0 Å². The summed E-state index contributed by atoms with van der Waals surface area (Å²) >= 11 is 0. The second-order valence-electron chi connectivity index (χ2n) is 6.86. The van der Waals surface area contributed by atoms with Crippen molar-refractivity contribution in [1.29, 1.82) is 0 Å². The quantitative estimate of drug-likeness (QED) is 0.774. The van der Waals surface area contributed by atoms with Gasteiger partial charge in [0, 0.05) is 19.1 Å². The Morgan fingerprint density at radius 1 is 1.19 bits per heavy atom. The standard InChI is InChI=1S/C21H28N4O/c1-2-18-12-6-7-14-25(18)20-16-23-19(15-24-20)21(26)22-13-8-11-17-9-4-3-5-10-17/h3-5,9-10,15-16,18H,2,6-8,11-14H2,1H3,(H,22,26). The monoisotopic (exact) mass is 352 g/mol. The van der Waals surface area contributed by atoms with E-state index < -0.39 is 0 Å². The van der Waals surface area contributed by atoms with Gasteiger partial charge in [0.05, 0.1) is 12.4 Å². The van der Waals surface area contributed by atoms with Crippen molar-refractivity contribution in [1.82, 2.24) is 15.3 Å². The van der Waals surface area contributed by atoms with E-state index in [9.17, 15) is 4.79 Å². The molecule has 0 spiro atoms. The molecule has 1 unspecified atom stereocenters. The van der Waals surface area contributed by atoms with E-state index in [1.807, 2.05) is 18.2 Å². The number of carbonyl (C=O) groups excluding carboxylic acids is 1. The molecule has 1 fully saturated rings. The zero-order valence-electron chi connectivity index (χ0n) is 15.5. The predicted octanol–water partition coefficient (Wildman–Crippen LogP) is 3.61. The first-order valence-electron chi connectivity index (χ1n) is 9.68. The molecule has 2 heterocycles. The van der Waals surface area contributed by atoms with Crippen LogP contribution in [-0.2, 0) is 6.42 Å². The number of nitrogens with zero attached hydrogens (tertiary/aromatic N) is 3. The molecule has 1 aromatic carbocycles. The molecule has 2 aromatic rings. The van der Waals surface area contributed by atoms with Crippen molar-refractivity contribution >= 4 is 11.7 Å². The highest BCUT2D eigenvalue weighted by Gasteiger charge is 2.22. The average Bonchev–Trinajstić information content (AvgIpc) is 2.72. The topological polar surface area (TPSA) is 58.1 Å². The second kappa shape index (κ2) is 9.32. The normalized spacial score (nSPS) is 17.1. The zero-order chi connectivity index (χ0) is 18.2. The molecule has 5 nitrogen and oxygen atoms in total. The number of carbonyl (C=O) groups is 1. The van der Waals surface area contributed by atoms with Gasteiger partial charge in [-0.2, -0.15) is 0 Å². The van der Waals surface area contributed by atoms with Gasteiger partial charge in [0.15, 0.2) is 0 Å². The maximum absolute atomic E-state index is 12.2. The minimum atomic E-state index is -0.150. The van der Waals surface area contributed by atoms with E-state index in [2.05, 4.69) is 39.2 Å². The van der Waals surface area contributed by atoms with Crippen molar-refractivity contribution in [3.63, 3.8) is 0 Å². The number of aryl methyl sites for hydroxylation is 1. The van der Waals surface area contributed by atoms with Crippen molar-refractivity contribution in [3.05, 3.63) is 54.0 Å². The van der Waals surface area contributed by atoms with Crippen LogP contribution in [-0.4, -0.2) is 35.0 Å². The molecule has 0 bridgehead atoms. The highest BCUT2D eigenvalue weighted by atomic mass is 16.1. The van der Waals surface area contributed by atoms with Crippen LogP contribution in [0.25, 0.3) is 0 Å². The van der Waals surface area contributed by atoms with Gasteiger partial charge in [0.25, 0.3) is 5.91 Å². The van der Waals surface area contributed by atoms with Gasteiger partial charge in [-0.25, -0.2) is 9.97 Å². The third-order valence-corrected chi connectivity index (χ3v) is 5.03. The number of aromatic nitrogens is 2. The van der Waals surface area contributed by atoms with Crippen LogP contribution in [0.5, 0.6) is 0 Å². The van der Waals surface area contributed by atoms with E-state index >= 15 is 0 Å². The van der Waals surface area contributed by atoms with Crippen LogP contribution in [0.3, 0.4) is 0 Å². The number of rotatable bonds is 7. The van der Waals surface area contributed by atoms with E-state index in [4.69, 9.17) is 0 Å². The van der Waals surface area contributed by atoms with Crippen LogP contribution in [0.2, 0.25) is 0 Å². The lowest BCUT2D eigenvalue weighted by molar-refractivity contribution is 0.0948. The third kappa shape index (κ3) is 4.81. The molecule has 1 atom stereocenters. The summed E-state index contributed by atoms with van der Waals surface area (Å²) < 4.78 is 0. The van der Waals surface area contributed by atoms with Crippen LogP contribution in [0.1, 0.15) is 55.1 Å². The van der Waals surface area contributed by atoms with E-state index in [-0.39, 0.29) is 5.91 Å². The molecule has 1 amide bonds. The fraction of sp³-hybridized carbons (Fsp3) is 0.476. The van der Waals surface area contributed by atoms with Crippen molar-refractivity contribution < 1.29 is 4.79 Å². The molecule has 1 aromatic heterocycles. The largest absolute Gasteiger partial charge is 0.352 e. The Morgan fingerprint density at radius 3 is 2.77 bits per heavy atom. The summed E-state index contributed by atoms with van der Waals surface area (Å²) in [5.74, 6) is 0.736. The van der Waals surface area contributed by atoms with Crippen LogP contribution in [0.15, 0.2) is 42.7 Å². The number of piperidine rings is 1. The lowest BCUT2D eigenvalue weighted by atomic mass is 10.0. The van der Waals surface area contributed by atoms with Gasteiger partial charge in [-0.3, -0.25) is 4.79 Å². The summed E-state index contributed by atoms with van der Waals surface area (Å²) in [6.45, 7) is 3.88. The van der Waals surface area contributed by atoms with Crippen molar-refractivity contribution in [2.45, 2.75) is 51.5 Å². The van der Waals surface area contributed by atoms with Gasteiger partial charge in [-0.15, -0.1) is 0 Å². The molecule has 26 heavy (non-hydrogen) atoms. The molecular formula is C21H28N4O. The molecular weight excluding hydrogens is 324 g/mol. The first-order chi connectivity index (χ1) is 12.8. The SMILES string of the molecule is CCC1CCCCN1c1cnc(C(=O)NCCCc2ccccc2)cn1. The van der Waals surface area contributed by atoms with Crippen molar-refractivity contribution in [2.75, 3.05) is 18.0 Å².